The molecule has 4 aliphatic carbocycles. The Balaban J connectivity index is 1.38. The summed E-state index contributed by atoms with van der Waals surface area (Å²) in [6, 6.07) is 0. The van der Waals surface area contributed by atoms with Gasteiger partial charge >= 0.3 is 0 Å². The second-order valence-electron chi connectivity index (χ2n) is 8.40. The Labute approximate surface area is 145 Å². The monoisotopic (exact) mass is 336 g/mol. The molecule has 0 aromatic carbocycles. The van der Waals surface area contributed by atoms with Crippen LogP contribution in [0.1, 0.15) is 64.7 Å². The molecule has 1 unspecified atom stereocenters. The summed E-state index contributed by atoms with van der Waals surface area (Å²) < 4.78 is 0. The first-order chi connectivity index (χ1) is 11.5. The van der Waals surface area contributed by atoms with Gasteiger partial charge in [0.05, 0.1) is 6.10 Å². The Morgan fingerprint density at radius 1 is 1.04 bits per heavy atom. The molecule has 2 amide bonds. The third-order valence-electron chi connectivity index (χ3n) is 6.43. The van der Waals surface area contributed by atoms with Crippen LogP contribution in [0.4, 0.5) is 0 Å². The molecule has 0 heterocycles. The van der Waals surface area contributed by atoms with Crippen molar-refractivity contribution < 1.29 is 14.7 Å². The highest BCUT2D eigenvalue weighted by Crippen LogP contribution is 2.60. The average molecular weight is 336 g/mol. The summed E-state index contributed by atoms with van der Waals surface area (Å²) >= 11 is 0. The molecule has 4 fully saturated rings. The van der Waals surface area contributed by atoms with Crippen LogP contribution in [0.3, 0.4) is 0 Å². The Bertz CT molecular complexity index is 442. The lowest BCUT2D eigenvalue weighted by Crippen LogP contribution is -2.53. The van der Waals surface area contributed by atoms with Crippen LogP contribution < -0.4 is 10.6 Å². The van der Waals surface area contributed by atoms with Gasteiger partial charge < -0.3 is 15.7 Å². The maximum atomic E-state index is 12.7. The molecule has 4 rings (SSSR count). The molecule has 0 spiro atoms. The summed E-state index contributed by atoms with van der Waals surface area (Å²) in [7, 11) is 0. The minimum Gasteiger partial charge on any atom is -0.393 e. The smallest absolute Gasteiger partial charge is 0.226 e. The van der Waals surface area contributed by atoms with Crippen molar-refractivity contribution in [3.05, 3.63) is 0 Å². The number of carbonyl (C=O) groups is 2. The van der Waals surface area contributed by atoms with Gasteiger partial charge in [-0.3, -0.25) is 9.59 Å². The van der Waals surface area contributed by atoms with Gasteiger partial charge in [0.15, 0.2) is 0 Å². The number of aliphatic hydroxyl groups is 1. The van der Waals surface area contributed by atoms with Crippen LogP contribution in [0.5, 0.6) is 0 Å². The first kappa shape index (κ1) is 17.7. The van der Waals surface area contributed by atoms with Crippen molar-refractivity contribution in [2.75, 3.05) is 13.1 Å². The van der Waals surface area contributed by atoms with Gasteiger partial charge in [-0.05, 0) is 69.1 Å². The predicted molar refractivity (Wildman–Crippen MR) is 92.2 cm³/mol. The van der Waals surface area contributed by atoms with E-state index in [0.29, 0.717) is 32.4 Å². The molecular formula is C19H32N2O3. The molecular weight excluding hydrogens is 304 g/mol. The maximum absolute atomic E-state index is 12.7. The fourth-order valence-corrected chi connectivity index (χ4v) is 5.54. The quantitative estimate of drug-likeness (QED) is 0.634. The first-order valence-electron chi connectivity index (χ1n) is 9.74. The maximum Gasteiger partial charge on any atom is 0.226 e. The van der Waals surface area contributed by atoms with Crippen molar-refractivity contribution in [1.82, 2.24) is 10.6 Å². The number of nitrogens with one attached hydrogen (secondary N) is 2. The van der Waals surface area contributed by atoms with E-state index in [0.717, 1.165) is 37.0 Å². The number of aliphatic hydroxyl groups excluding tert-OH is 1. The van der Waals surface area contributed by atoms with Gasteiger partial charge in [-0.25, -0.2) is 0 Å². The van der Waals surface area contributed by atoms with E-state index in [4.69, 9.17) is 0 Å². The third-order valence-corrected chi connectivity index (χ3v) is 6.43. The Kier molecular flexibility index (Phi) is 5.48. The van der Waals surface area contributed by atoms with Gasteiger partial charge in [0.2, 0.25) is 11.8 Å². The molecule has 24 heavy (non-hydrogen) atoms. The molecule has 0 saturated heterocycles. The second-order valence-corrected chi connectivity index (χ2v) is 8.40. The van der Waals surface area contributed by atoms with Crippen LogP contribution in [0, 0.1) is 23.2 Å². The van der Waals surface area contributed by atoms with E-state index in [1.807, 2.05) is 6.92 Å². The van der Waals surface area contributed by atoms with Gasteiger partial charge in [0.25, 0.3) is 0 Å². The van der Waals surface area contributed by atoms with Crippen molar-refractivity contribution >= 4 is 11.8 Å². The molecule has 4 saturated carbocycles. The molecule has 0 aromatic heterocycles. The normalized spacial score (nSPS) is 34.8. The zero-order chi connectivity index (χ0) is 17.2. The second kappa shape index (κ2) is 7.42. The van der Waals surface area contributed by atoms with Crippen LogP contribution in [-0.2, 0) is 9.59 Å². The van der Waals surface area contributed by atoms with Crippen molar-refractivity contribution in [2.24, 2.45) is 23.2 Å². The summed E-state index contributed by atoms with van der Waals surface area (Å²) in [6.07, 6.45) is 8.44. The lowest BCUT2D eigenvalue weighted by atomic mass is 9.49. The van der Waals surface area contributed by atoms with E-state index < -0.39 is 0 Å². The van der Waals surface area contributed by atoms with Gasteiger partial charge in [0, 0.05) is 24.9 Å². The molecule has 0 aliphatic heterocycles. The van der Waals surface area contributed by atoms with Crippen LogP contribution in [0.2, 0.25) is 0 Å². The van der Waals surface area contributed by atoms with E-state index in [1.54, 1.807) is 0 Å². The molecule has 1 atom stereocenters. The largest absolute Gasteiger partial charge is 0.393 e. The number of rotatable bonds is 8. The van der Waals surface area contributed by atoms with E-state index >= 15 is 0 Å². The topological polar surface area (TPSA) is 78.4 Å². The van der Waals surface area contributed by atoms with Gasteiger partial charge in [-0.2, -0.15) is 0 Å². The summed E-state index contributed by atoms with van der Waals surface area (Å²) in [5.74, 6) is 2.42. The lowest BCUT2D eigenvalue weighted by Gasteiger charge is -2.55. The summed E-state index contributed by atoms with van der Waals surface area (Å²) in [6.45, 7) is 2.84. The molecule has 5 heteroatoms. The van der Waals surface area contributed by atoms with E-state index in [1.165, 1.54) is 19.3 Å². The number of carbonyl (C=O) groups excluding carboxylic acids is 2. The molecule has 5 nitrogen and oxygen atoms in total. The number of hydrogen-bond donors (Lipinski definition) is 3. The molecule has 0 radical (unpaired) electrons. The number of amides is 2. The van der Waals surface area contributed by atoms with Crippen molar-refractivity contribution in [3.8, 4) is 0 Å². The highest BCUT2D eigenvalue weighted by Gasteiger charge is 2.54. The van der Waals surface area contributed by atoms with E-state index in [-0.39, 0.29) is 23.3 Å². The summed E-state index contributed by atoms with van der Waals surface area (Å²) in [5, 5.41) is 15.3. The minimum absolute atomic E-state index is 0.0517. The lowest BCUT2D eigenvalue weighted by molar-refractivity contribution is -0.146. The standard InChI is InChI=1S/C19H32N2O3/c1-2-16(22)3-5-20-17(23)4-6-21-18(24)19-10-13-7-14(11-19)9-15(8-13)12-19/h13-16,22H,2-12H2,1H3,(H,20,23)(H,21,24). The first-order valence-corrected chi connectivity index (χ1v) is 9.74. The van der Waals surface area contributed by atoms with Gasteiger partial charge in [-0.15, -0.1) is 0 Å². The fraction of sp³-hybridized carbons (Fsp3) is 0.895. The predicted octanol–water partition coefficient (Wildman–Crippen LogP) is 1.99. The number of hydrogen-bond acceptors (Lipinski definition) is 3. The summed E-state index contributed by atoms with van der Waals surface area (Å²) in [5.41, 5.74) is -0.129. The third kappa shape index (κ3) is 3.93. The van der Waals surface area contributed by atoms with Crippen molar-refractivity contribution in [3.63, 3.8) is 0 Å². The minimum atomic E-state index is -0.346. The SMILES string of the molecule is CCC(O)CCNC(=O)CCNC(=O)C12CC3CC(CC(C3)C1)C2. The van der Waals surface area contributed by atoms with Crippen LogP contribution in [-0.4, -0.2) is 36.1 Å². The Hall–Kier alpha value is -1.10. The van der Waals surface area contributed by atoms with Crippen molar-refractivity contribution in [1.29, 1.82) is 0 Å². The molecule has 3 N–H and O–H groups in total. The molecule has 4 bridgehead atoms. The van der Waals surface area contributed by atoms with Crippen LogP contribution >= 0.6 is 0 Å². The highest BCUT2D eigenvalue weighted by atomic mass is 16.3. The molecule has 136 valence electrons. The van der Waals surface area contributed by atoms with E-state index in [9.17, 15) is 14.7 Å². The van der Waals surface area contributed by atoms with Crippen LogP contribution in [0.25, 0.3) is 0 Å². The molecule has 0 aromatic rings. The van der Waals surface area contributed by atoms with Gasteiger partial charge in [0.1, 0.15) is 0 Å². The average Bonchev–Trinajstić information content (AvgIpc) is 2.53. The van der Waals surface area contributed by atoms with Crippen LogP contribution in [0.15, 0.2) is 0 Å². The Morgan fingerprint density at radius 3 is 2.17 bits per heavy atom. The zero-order valence-corrected chi connectivity index (χ0v) is 14.9. The highest BCUT2D eigenvalue weighted by molar-refractivity contribution is 5.84. The van der Waals surface area contributed by atoms with Crippen molar-refractivity contribution in [2.45, 2.75) is 70.8 Å². The van der Waals surface area contributed by atoms with Gasteiger partial charge in [-0.1, -0.05) is 6.92 Å². The Morgan fingerprint density at radius 2 is 1.62 bits per heavy atom. The fourth-order valence-electron chi connectivity index (χ4n) is 5.54. The van der Waals surface area contributed by atoms with E-state index in [2.05, 4.69) is 10.6 Å². The molecule has 4 aliphatic rings. The summed E-state index contributed by atoms with van der Waals surface area (Å²) in [4.78, 5) is 24.5. The zero-order valence-electron chi connectivity index (χ0n) is 14.9.